The third-order valence-corrected chi connectivity index (χ3v) is 6.26. The maximum Gasteiger partial charge on any atom is 0.310 e. The molecule has 4 aromatic rings. The van der Waals surface area contributed by atoms with Crippen LogP contribution in [-0.4, -0.2) is 17.6 Å². The minimum atomic E-state index is -0.406. The van der Waals surface area contributed by atoms with E-state index < -0.39 is 5.82 Å². The number of fused-ring (bicyclic) bond motifs is 2. The van der Waals surface area contributed by atoms with Gasteiger partial charge in [-0.1, -0.05) is 36.4 Å². The molecule has 172 valence electrons. The molecule has 0 fully saturated rings. The lowest BCUT2D eigenvalue weighted by Crippen LogP contribution is -2.11. The summed E-state index contributed by atoms with van der Waals surface area (Å²) in [5.41, 5.74) is 11.1. The second-order valence-electron chi connectivity index (χ2n) is 8.39. The summed E-state index contributed by atoms with van der Waals surface area (Å²) in [6.07, 6.45) is 3.17. The number of nitrogens with zero attached hydrogens (tertiary/aromatic N) is 1. The Labute approximate surface area is 197 Å². The Bertz CT molecular complexity index is 1390. The predicted molar refractivity (Wildman–Crippen MR) is 130 cm³/mol. The van der Waals surface area contributed by atoms with E-state index in [1.165, 1.54) is 17.7 Å². The number of hydrogen-bond donors (Lipinski definition) is 1. The Balaban J connectivity index is 1.49. The molecule has 34 heavy (non-hydrogen) atoms. The summed E-state index contributed by atoms with van der Waals surface area (Å²) in [6.45, 7) is 2.05. The van der Waals surface area contributed by atoms with Gasteiger partial charge in [0.05, 0.1) is 13.0 Å². The fraction of sp³-hybridized carbons (Fsp3) is 0.214. The van der Waals surface area contributed by atoms with Gasteiger partial charge in [-0.2, -0.15) is 0 Å². The third-order valence-electron chi connectivity index (χ3n) is 6.26. The first-order valence-corrected chi connectivity index (χ1v) is 11.4. The van der Waals surface area contributed by atoms with Crippen molar-refractivity contribution in [1.29, 1.82) is 0 Å². The van der Waals surface area contributed by atoms with Crippen LogP contribution in [-0.2, 0) is 22.4 Å². The summed E-state index contributed by atoms with van der Waals surface area (Å²) < 4.78 is 25.4. The van der Waals surface area contributed by atoms with Crippen LogP contribution in [0.25, 0.3) is 21.9 Å². The number of pyridine rings is 1. The summed E-state index contributed by atoms with van der Waals surface area (Å²) in [5.74, 6) is 0.108. The highest BCUT2D eigenvalue weighted by Crippen LogP contribution is 2.40. The second-order valence-corrected chi connectivity index (χ2v) is 8.39. The minimum Gasteiger partial charge on any atom is -0.485 e. The standard InChI is InChI=1S/C28H25FN2O3/c1-2-33-27(32)15-19-8-10-20(29)16-26(19)34-25-11-9-17-6-7-18(14-24(17)25)21-4-3-5-23-22(21)12-13-31-28(23)30/h3-8,10,12-14,16,25H,2,9,11,15H2,1H3,(H2,30,31). The van der Waals surface area contributed by atoms with Crippen LogP contribution in [0.15, 0.2) is 66.9 Å². The van der Waals surface area contributed by atoms with E-state index in [9.17, 15) is 9.18 Å². The van der Waals surface area contributed by atoms with Crippen LogP contribution in [0.4, 0.5) is 10.2 Å². The van der Waals surface area contributed by atoms with Gasteiger partial charge in [-0.25, -0.2) is 9.37 Å². The molecule has 0 saturated heterocycles. The summed E-state index contributed by atoms with van der Waals surface area (Å²) in [5, 5.41) is 1.95. The Hall–Kier alpha value is -3.93. The van der Waals surface area contributed by atoms with Crippen molar-refractivity contribution in [2.24, 2.45) is 0 Å². The molecule has 3 aromatic carbocycles. The molecule has 1 aliphatic carbocycles. The Kier molecular flexibility index (Phi) is 5.88. The average Bonchev–Trinajstić information content (AvgIpc) is 3.23. The molecule has 1 aromatic heterocycles. The molecule has 1 aliphatic rings. The SMILES string of the molecule is CCOC(=O)Cc1ccc(F)cc1OC1CCc2ccc(-c3cccc4c(N)nccc34)cc21. The third kappa shape index (κ3) is 4.19. The van der Waals surface area contributed by atoms with Crippen molar-refractivity contribution in [3.63, 3.8) is 0 Å². The number of esters is 1. The Morgan fingerprint density at radius 3 is 2.85 bits per heavy atom. The fourth-order valence-electron chi connectivity index (χ4n) is 4.64. The van der Waals surface area contributed by atoms with Crippen LogP contribution in [0.1, 0.15) is 36.1 Å². The number of benzene rings is 3. The van der Waals surface area contributed by atoms with Crippen LogP contribution in [0.2, 0.25) is 0 Å². The average molecular weight is 457 g/mol. The molecule has 0 spiro atoms. The molecule has 0 bridgehead atoms. The van der Waals surface area contributed by atoms with Crippen LogP contribution >= 0.6 is 0 Å². The largest absolute Gasteiger partial charge is 0.485 e. The summed E-state index contributed by atoms with van der Waals surface area (Å²) in [6, 6.07) is 18.6. The molecule has 6 heteroatoms. The lowest BCUT2D eigenvalue weighted by molar-refractivity contribution is -0.142. The molecule has 5 nitrogen and oxygen atoms in total. The highest BCUT2D eigenvalue weighted by Gasteiger charge is 2.26. The van der Waals surface area contributed by atoms with Crippen molar-refractivity contribution in [3.8, 4) is 16.9 Å². The number of aromatic nitrogens is 1. The van der Waals surface area contributed by atoms with Crippen molar-refractivity contribution in [1.82, 2.24) is 4.98 Å². The molecule has 1 atom stereocenters. The van der Waals surface area contributed by atoms with E-state index in [0.29, 0.717) is 23.7 Å². The van der Waals surface area contributed by atoms with E-state index in [0.717, 1.165) is 40.3 Å². The van der Waals surface area contributed by atoms with Crippen molar-refractivity contribution < 1.29 is 18.7 Å². The maximum absolute atomic E-state index is 14.1. The number of carbonyl (C=O) groups excluding carboxylic acids is 1. The van der Waals surface area contributed by atoms with E-state index in [2.05, 4.69) is 29.2 Å². The molecular weight excluding hydrogens is 431 g/mol. The van der Waals surface area contributed by atoms with Gasteiger partial charge in [-0.15, -0.1) is 0 Å². The second kappa shape index (κ2) is 9.14. The molecule has 0 saturated carbocycles. The number of hydrogen-bond acceptors (Lipinski definition) is 5. The smallest absolute Gasteiger partial charge is 0.310 e. The van der Waals surface area contributed by atoms with Gasteiger partial charge in [0.1, 0.15) is 23.5 Å². The number of ether oxygens (including phenoxy) is 2. The van der Waals surface area contributed by atoms with Crippen LogP contribution in [0.5, 0.6) is 5.75 Å². The lowest BCUT2D eigenvalue weighted by Gasteiger charge is -2.19. The number of nitrogens with two attached hydrogens (primary N) is 1. The topological polar surface area (TPSA) is 74.4 Å². The first-order chi connectivity index (χ1) is 16.5. The molecule has 0 aliphatic heterocycles. The van der Waals surface area contributed by atoms with E-state index in [-0.39, 0.29) is 18.5 Å². The Morgan fingerprint density at radius 2 is 2.00 bits per heavy atom. The number of nitrogen functional groups attached to an aromatic ring is 1. The molecule has 2 N–H and O–H groups in total. The van der Waals surface area contributed by atoms with E-state index in [1.807, 2.05) is 18.2 Å². The van der Waals surface area contributed by atoms with Gasteiger partial charge in [0.15, 0.2) is 0 Å². The molecule has 0 amide bonds. The summed E-state index contributed by atoms with van der Waals surface area (Å²) >= 11 is 0. The zero-order valence-corrected chi connectivity index (χ0v) is 18.9. The molecule has 5 rings (SSSR count). The number of anilines is 1. The first kappa shape index (κ1) is 21.9. The number of aryl methyl sites for hydroxylation is 1. The monoisotopic (exact) mass is 456 g/mol. The number of carbonyl (C=O) groups is 1. The summed E-state index contributed by atoms with van der Waals surface area (Å²) in [7, 11) is 0. The van der Waals surface area contributed by atoms with Crippen LogP contribution < -0.4 is 10.5 Å². The maximum atomic E-state index is 14.1. The van der Waals surface area contributed by atoms with Crippen LogP contribution in [0.3, 0.4) is 0 Å². The van der Waals surface area contributed by atoms with Gasteiger partial charge >= 0.3 is 5.97 Å². The van der Waals surface area contributed by atoms with Gasteiger partial charge in [0.25, 0.3) is 0 Å². The number of rotatable bonds is 6. The highest BCUT2D eigenvalue weighted by atomic mass is 19.1. The van der Waals surface area contributed by atoms with Gasteiger partial charge in [-0.3, -0.25) is 4.79 Å². The molecule has 1 unspecified atom stereocenters. The van der Waals surface area contributed by atoms with Crippen molar-refractivity contribution in [2.75, 3.05) is 12.3 Å². The van der Waals surface area contributed by atoms with Gasteiger partial charge in [0.2, 0.25) is 0 Å². The number of halogens is 1. The van der Waals surface area contributed by atoms with Crippen molar-refractivity contribution in [3.05, 3.63) is 89.4 Å². The van der Waals surface area contributed by atoms with E-state index in [1.54, 1.807) is 19.2 Å². The van der Waals surface area contributed by atoms with E-state index >= 15 is 0 Å². The van der Waals surface area contributed by atoms with E-state index in [4.69, 9.17) is 15.2 Å². The van der Waals surface area contributed by atoms with Crippen LogP contribution in [0, 0.1) is 5.82 Å². The zero-order valence-electron chi connectivity index (χ0n) is 18.9. The molecule has 1 heterocycles. The van der Waals surface area contributed by atoms with Crippen molar-refractivity contribution >= 4 is 22.6 Å². The van der Waals surface area contributed by atoms with Crippen molar-refractivity contribution in [2.45, 2.75) is 32.3 Å². The highest BCUT2D eigenvalue weighted by molar-refractivity contribution is 6.01. The lowest BCUT2D eigenvalue weighted by atomic mass is 9.96. The normalized spacial score (nSPS) is 14.7. The quantitative estimate of drug-likeness (QED) is 0.372. The first-order valence-electron chi connectivity index (χ1n) is 11.4. The molecule has 0 radical (unpaired) electrons. The van der Waals surface area contributed by atoms with Gasteiger partial charge in [0, 0.05) is 23.2 Å². The molecular formula is C28H25FN2O3. The fourth-order valence-corrected chi connectivity index (χ4v) is 4.64. The predicted octanol–water partition coefficient (Wildman–Crippen LogP) is 5.80. The van der Waals surface area contributed by atoms with Gasteiger partial charge in [-0.05, 0) is 65.6 Å². The Morgan fingerprint density at radius 1 is 1.12 bits per heavy atom. The summed E-state index contributed by atoms with van der Waals surface area (Å²) in [4.78, 5) is 16.2. The minimum absolute atomic E-state index is 0.0362. The van der Waals surface area contributed by atoms with Gasteiger partial charge < -0.3 is 15.2 Å². The zero-order chi connectivity index (χ0) is 23.7.